The normalized spacial score (nSPS) is 17.9. The van der Waals surface area contributed by atoms with Crippen LogP contribution >= 0.6 is 23.2 Å². The van der Waals surface area contributed by atoms with Gasteiger partial charge in [0.2, 0.25) is 0 Å². The fraction of sp³-hybridized carbons (Fsp3) is 0.500. The number of anilines is 1. The van der Waals surface area contributed by atoms with E-state index in [0.717, 1.165) is 25.1 Å². The van der Waals surface area contributed by atoms with Gasteiger partial charge in [-0.1, -0.05) is 29.6 Å². The van der Waals surface area contributed by atoms with Crippen LogP contribution in [0.5, 0.6) is 0 Å². The van der Waals surface area contributed by atoms with Crippen LogP contribution in [0.15, 0.2) is 18.2 Å². The van der Waals surface area contributed by atoms with Crippen molar-refractivity contribution in [2.45, 2.75) is 19.3 Å². The highest BCUT2D eigenvalue weighted by atomic mass is 35.5. The van der Waals surface area contributed by atoms with Crippen LogP contribution in [0, 0.1) is 5.41 Å². The number of aliphatic hydroxyl groups excluding tert-OH is 1. The Morgan fingerprint density at radius 1 is 1.19 bits per heavy atom. The summed E-state index contributed by atoms with van der Waals surface area (Å²) in [5.41, 5.74) is 0.978. The van der Waals surface area contributed by atoms with Gasteiger partial charge < -0.3 is 10.4 Å². The van der Waals surface area contributed by atoms with Gasteiger partial charge in [0.25, 0.3) is 0 Å². The van der Waals surface area contributed by atoms with Crippen molar-refractivity contribution in [2.75, 3.05) is 18.5 Å². The summed E-state index contributed by atoms with van der Waals surface area (Å²) >= 11 is 11.8. The first-order valence-electron chi connectivity index (χ1n) is 5.44. The van der Waals surface area contributed by atoms with E-state index in [4.69, 9.17) is 23.2 Å². The summed E-state index contributed by atoms with van der Waals surface area (Å²) in [4.78, 5) is 0. The Morgan fingerprint density at radius 2 is 1.81 bits per heavy atom. The van der Waals surface area contributed by atoms with Gasteiger partial charge in [0.15, 0.2) is 0 Å². The minimum absolute atomic E-state index is 0.0643. The van der Waals surface area contributed by atoms with Crippen molar-refractivity contribution in [2.24, 2.45) is 5.41 Å². The second-order valence-electron chi connectivity index (χ2n) is 4.52. The molecule has 0 bridgehead atoms. The van der Waals surface area contributed by atoms with E-state index < -0.39 is 0 Å². The van der Waals surface area contributed by atoms with Gasteiger partial charge >= 0.3 is 0 Å². The molecule has 2 N–H and O–H groups in total. The van der Waals surface area contributed by atoms with Crippen molar-refractivity contribution in [3.05, 3.63) is 28.2 Å². The van der Waals surface area contributed by atoms with Gasteiger partial charge in [0, 0.05) is 27.7 Å². The van der Waals surface area contributed by atoms with Crippen molar-refractivity contribution in [1.29, 1.82) is 0 Å². The Labute approximate surface area is 106 Å². The predicted octanol–water partition coefficient (Wildman–Crippen LogP) is 3.57. The third-order valence-electron chi connectivity index (χ3n) is 3.28. The van der Waals surface area contributed by atoms with Gasteiger partial charge in [0.1, 0.15) is 0 Å². The third-order valence-corrected chi connectivity index (χ3v) is 3.72. The second kappa shape index (κ2) is 4.82. The Morgan fingerprint density at radius 3 is 2.25 bits per heavy atom. The highest BCUT2D eigenvalue weighted by Gasteiger charge is 2.35. The monoisotopic (exact) mass is 259 g/mol. The molecule has 2 rings (SSSR count). The molecule has 0 aromatic heterocycles. The fourth-order valence-corrected chi connectivity index (χ4v) is 2.54. The Bertz CT molecular complexity index is 352. The molecule has 2 nitrogen and oxygen atoms in total. The maximum atomic E-state index is 9.33. The first-order chi connectivity index (χ1) is 7.63. The minimum Gasteiger partial charge on any atom is -0.396 e. The maximum absolute atomic E-state index is 9.33. The molecule has 1 aliphatic rings. The van der Waals surface area contributed by atoms with E-state index in [1.807, 2.05) is 12.1 Å². The number of hydrogen-bond acceptors (Lipinski definition) is 2. The molecule has 1 saturated carbocycles. The zero-order valence-electron chi connectivity index (χ0n) is 8.97. The number of hydrogen-bond donors (Lipinski definition) is 2. The van der Waals surface area contributed by atoms with E-state index in [2.05, 4.69) is 5.32 Å². The van der Waals surface area contributed by atoms with Crippen LogP contribution in [0.1, 0.15) is 19.3 Å². The standard InChI is InChI=1S/C12H15Cl2NO/c13-9-4-10(14)6-11(5-9)15-7-12(8-16)2-1-3-12/h4-6,15-16H,1-3,7-8H2. The molecule has 0 spiro atoms. The fourth-order valence-electron chi connectivity index (χ4n) is 2.01. The van der Waals surface area contributed by atoms with Crippen molar-refractivity contribution in [3.63, 3.8) is 0 Å². The van der Waals surface area contributed by atoms with Crippen LogP contribution in [-0.4, -0.2) is 18.3 Å². The molecule has 4 heteroatoms. The zero-order chi connectivity index (χ0) is 11.6. The molecule has 1 aromatic rings. The van der Waals surface area contributed by atoms with Crippen LogP contribution in [-0.2, 0) is 0 Å². The molecule has 1 aromatic carbocycles. The van der Waals surface area contributed by atoms with Gasteiger partial charge in [0.05, 0.1) is 6.61 Å². The van der Waals surface area contributed by atoms with Crippen LogP contribution in [0.4, 0.5) is 5.69 Å². The number of nitrogens with one attached hydrogen (secondary N) is 1. The lowest BCUT2D eigenvalue weighted by atomic mass is 9.69. The van der Waals surface area contributed by atoms with Gasteiger partial charge in [-0.2, -0.15) is 0 Å². The maximum Gasteiger partial charge on any atom is 0.0504 e. The summed E-state index contributed by atoms with van der Waals surface area (Å²) in [6.07, 6.45) is 3.38. The largest absolute Gasteiger partial charge is 0.396 e. The van der Waals surface area contributed by atoms with E-state index in [-0.39, 0.29) is 12.0 Å². The summed E-state index contributed by atoms with van der Waals surface area (Å²) < 4.78 is 0. The molecule has 88 valence electrons. The summed E-state index contributed by atoms with van der Waals surface area (Å²) in [6.45, 7) is 1.02. The molecule has 0 amide bonds. The topological polar surface area (TPSA) is 32.3 Å². The van der Waals surface area contributed by atoms with E-state index in [1.54, 1.807) is 6.07 Å². The Kier molecular flexibility index (Phi) is 3.63. The minimum atomic E-state index is 0.0643. The number of rotatable bonds is 4. The quantitative estimate of drug-likeness (QED) is 0.867. The van der Waals surface area contributed by atoms with Crippen LogP contribution in [0.2, 0.25) is 10.0 Å². The van der Waals surface area contributed by atoms with Crippen LogP contribution in [0.25, 0.3) is 0 Å². The van der Waals surface area contributed by atoms with Crippen LogP contribution in [0.3, 0.4) is 0 Å². The lowest BCUT2D eigenvalue weighted by Gasteiger charge is -2.40. The summed E-state index contributed by atoms with van der Waals surface area (Å²) in [7, 11) is 0. The van der Waals surface area contributed by atoms with Crippen molar-refractivity contribution in [3.8, 4) is 0 Å². The molecule has 0 aliphatic heterocycles. The van der Waals surface area contributed by atoms with Gasteiger partial charge in [-0.3, -0.25) is 0 Å². The van der Waals surface area contributed by atoms with Gasteiger partial charge in [-0.25, -0.2) is 0 Å². The summed E-state index contributed by atoms with van der Waals surface area (Å²) in [5, 5.41) is 13.9. The molecule has 0 saturated heterocycles. The molecule has 0 heterocycles. The average Bonchev–Trinajstić information content (AvgIpc) is 2.15. The molecule has 0 radical (unpaired) electrons. The molecular weight excluding hydrogens is 245 g/mol. The molecule has 1 fully saturated rings. The summed E-state index contributed by atoms with van der Waals surface area (Å²) in [5.74, 6) is 0. The molecule has 0 unspecified atom stereocenters. The van der Waals surface area contributed by atoms with Crippen molar-refractivity contribution >= 4 is 28.9 Å². The first kappa shape index (κ1) is 12.0. The van der Waals surface area contributed by atoms with Crippen LogP contribution < -0.4 is 5.32 Å². The lowest BCUT2D eigenvalue weighted by Crippen LogP contribution is -2.39. The lowest BCUT2D eigenvalue weighted by molar-refractivity contribution is 0.0576. The molecule has 0 atom stereocenters. The second-order valence-corrected chi connectivity index (χ2v) is 5.40. The van der Waals surface area contributed by atoms with E-state index >= 15 is 0 Å². The molecular formula is C12H15Cl2NO. The number of halogens is 2. The predicted molar refractivity (Wildman–Crippen MR) is 68.3 cm³/mol. The van der Waals surface area contributed by atoms with E-state index in [0.29, 0.717) is 10.0 Å². The first-order valence-corrected chi connectivity index (χ1v) is 6.20. The highest BCUT2D eigenvalue weighted by molar-refractivity contribution is 6.35. The smallest absolute Gasteiger partial charge is 0.0504 e. The Balaban J connectivity index is 1.98. The van der Waals surface area contributed by atoms with Crippen molar-refractivity contribution in [1.82, 2.24) is 0 Å². The van der Waals surface area contributed by atoms with Crippen molar-refractivity contribution < 1.29 is 5.11 Å². The highest BCUT2D eigenvalue weighted by Crippen LogP contribution is 2.40. The summed E-state index contributed by atoms with van der Waals surface area (Å²) in [6, 6.07) is 5.40. The number of aliphatic hydroxyl groups is 1. The molecule has 1 aliphatic carbocycles. The third kappa shape index (κ3) is 2.62. The zero-order valence-corrected chi connectivity index (χ0v) is 10.5. The SMILES string of the molecule is OCC1(CNc2cc(Cl)cc(Cl)c2)CCC1. The van der Waals surface area contributed by atoms with E-state index in [1.165, 1.54) is 6.42 Å². The van der Waals surface area contributed by atoms with Gasteiger partial charge in [-0.15, -0.1) is 0 Å². The Hall–Kier alpha value is -0.440. The molecule has 16 heavy (non-hydrogen) atoms. The number of benzene rings is 1. The van der Waals surface area contributed by atoms with Gasteiger partial charge in [-0.05, 0) is 31.0 Å². The van der Waals surface area contributed by atoms with E-state index in [9.17, 15) is 5.11 Å². The average molecular weight is 260 g/mol.